The molecule has 0 radical (unpaired) electrons. The van der Waals surface area contributed by atoms with Gasteiger partial charge in [-0.1, -0.05) is 6.07 Å². The zero-order valence-corrected chi connectivity index (χ0v) is 16.5. The number of nitrogens with one attached hydrogen (secondary N) is 1. The molecule has 2 aromatic heterocycles. The van der Waals surface area contributed by atoms with E-state index in [0.717, 1.165) is 37.4 Å². The van der Waals surface area contributed by atoms with Crippen molar-refractivity contribution in [1.82, 2.24) is 29.9 Å². The number of rotatable bonds is 8. The van der Waals surface area contributed by atoms with Crippen LogP contribution < -0.4 is 5.32 Å². The minimum absolute atomic E-state index is 0.0941. The zero-order chi connectivity index (χ0) is 19.2. The molecule has 1 amide bonds. The van der Waals surface area contributed by atoms with Crippen molar-refractivity contribution in [2.24, 2.45) is 5.92 Å². The summed E-state index contributed by atoms with van der Waals surface area (Å²) in [6.07, 6.45) is 6.06. The Morgan fingerprint density at radius 1 is 1.33 bits per heavy atom. The van der Waals surface area contributed by atoms with Gasteiger partial charge < -0.3 is 10.2 Å². The van der Waals surface area contributed by atoms with Crippen molar-refractivity contribution in [3.05, 3.63) is 48.0 Å². The van der Waals surface area contributed by atoms with Crippen LogP contribution in [-0.2, 0) is 17.9 Å². The maximum atomic E-state index is 12.5. The highest BCUT2D eigenvalue weighted by Gasteiger charge is 2.34. The Hall–Kier alpha value is -2.25. The van der Waals surface area contributed by atoms with Crippen LogP contribution in [0.1, 0.15) is 17.7 Å². The van der Waals surface area contributed by atoms with Crippen LogP contribution in [0.3, 0.4) is 0 Å². The maximum Gasteiger partial charge on any atom is 0.222 e. The van der Waals surface area contributed by atoms with E-state index in [1.54, 1.807) is 0 Å². The van der Waals surface area contributed by atoms with E-state index >= 15 is 0 Å². The van der Waals surface area contributed by atoms with Gasteiger partial charge in [-0.05, 0) is 38.7 Å². The Morgan fingerprint density at radius 2 is 2.19 bits per heavy atom. The second kappa shape index (κ2) is 9.10. The van der Waals surface area contributed by atoms with Crippen LogP contribution in [0.4, 0.5) is 0 Å². The summed E-state index contributed by atoms with van der Waals surface area (Å²) in [6.45, 7) is 6.23. The van der Waals surface area contributed by atoms with E-state index in [9.17, 15) is 4.79 Å². The molecule has 0 aliphatic carbocycles. The Morgan fingerprint density at radius 3 is 2.85 bits per heavy atom. The second-order valence-electron chi connectivity index (χ2n) is 7.74. The summed E-state index contributed by atoms with van der Waals surface area (Å²) in [5.74, 6) is 0.510. The average molecular weight is 371 g/mol. The van der Waals surface area contributed by atoms with Gasteiger partial charge in [0, 0.05) is 63.5 Å². The summed E-state index contributed by atoms with van der Waals surface area (Å²) in [6, 6.07) is 6.18. The van der Waals surface area contributed by atoms with Gasteiger partial charge in [0.1, 0.15) is 0 Å². The summed E-state index contributed by atoms with van der Waals surface area (Å²) in [5, 5.41) is 7.51. The Balaban J connectivity index is 1.54. The molecule has 1 saturated heterocycles. The minimum atomic E-state index is 0.0941. The minimum Gasteiger partial charge on any atom is -0.352 e. The number of hydrogen-bond donors (Lipinski definition) is 1. The first-order valence-electron chi connectivity index (χ1n) is 9.55. The van der Waals surface area contributed by atoms with Crippen molar-refractivity contribution in [3.8, 4) is 0 Å². The lowest BCUT2D eigenvalue weighted by molar-refractivity contribution is -0.122. The molecule has 0 spiro atoms. The third kappa shape index (κ3) is 5.87. The van der Waals surface area contributed by atoms with E-state index in [0.29, 0.717) is 18.9 Å². The molecule has 3 heterocycles. The molecule has 2 atom stereocenters. The summed E-state index contributed by atoms with van der Waals surface area (Å²) < 4.78 is 1.83. The number of nitrogens with zero attached hydrogens (tertiary/aromatic N) is 5. The normalized spacial score (nSPS) is 20.3. The van der Waals surface area contributed by atoms with Crippen molar-refractivity contribution in [3.63, 3.8) is 0 Å². The first kappa shape index (κ1) is 19.5. The van der Waals surface area contributed by atoms with Gasteiger partial charge in [-0.3, -0.25) is 19.4 Å². The molecule has 27 heavy (non-hydrogen) atoms. The largest absolute Gasteiger partial charge is 0.352 e. The van der Waals surface area contributed by atoms with Crippen molar-refractivity contribution in [1.29, 1.82) is 0 Å². The maximum absolute atomic E-state index is 12.5. The van der Waals surface area contributed by atoms with Crippen molar-refractivity contribution in [2.45, 2.75) is 32.5 Å². The Kier molecular flexibility index (Phi) is 6.58. The molecule has 0 bridgehead atoms. The Bertz CT molecular complexity index is 729. The number of pyridine rings is 1. The van der Waals surface area contributed by atoms with Gasteiger partial charge >= 0.3 is 0 Å². The number of carbonyl (C=O) groups excluding carboxylic acids is 1. The van der Waals surface area contributed by atoms with E-state index in [-0.39, 0.29) is 11.9 Å². The number of aromatic nitrogens is 3. The summed E-state index contributed by atoms with van der Waals surface area (Å²) in [5.41, 5.74) is 2.18. The van der Waals surface area contributed by atoms with Crippen LogP contribution in [0.2, 0.25) is 0 Å². The van der Waals surface area contributed by atoms with Gasteiger partial charge in [-0.15, -0.1) is 0 Å². The van der Waals surface area contributed by atoms with Crippen molar-refractivity contribution >= 4 is 5.91 Å². The van der Waals surface area contributed by atoms with Gasteiger partial charge in [0.25, 0.3) is 0 Å². The molecule has 1 aliphatic rings. The molecular formula is C20H30N6O. The number of hydrogen-bond acceptors (Lipinski definition) is 5. The van der Waals surface area contributed by atoms with Crippen LogP contribution in [0.15, 0.2) is 36.8 Å². The van der Waals surface area contributed by atoms with Gasteiger partial charge in [-0.2, -0.15) is 5.10 Å². The van der Waals surface area contributed by atoms with Gasteiger partial charge in [0.05, 0.1) is 11.9 Å². The van der Waals surface area contributed by atoms with Crippen LogP contribution in [0.25, 0.3) is 0 Å². The molecule has 3 rings (SSSR count). The fourth-order valence-electron chi connectivity index (χ4n) is 3.71. The van der Waals surface area contributed by atoms with Gasteiger partial charge in [0.15, 0.2) is 0 Å². The molecule has 146 valence electrons. The first-order valence-corrected chi connectivity index (χ1v) is 9.55. The second-order valence-corrected chi connectivity index (χ2v) is 7.74. The topological polar surface area (TPSA) is 66.3 Å². The standard InChI is InChI=1S/C20H30N6O/c1-16-10-22-26(11-16)9-7-20(27)23-19-15-25(13-17(19)12-24(2)3)14-18-6-4-5-8-21-18/h4-6,8,10-11,17,19H,7,9,12-15H2,1-3H3,(H,23,27)/t17-,19-/m1/s1. The van der Waals surface area contributed by atoms with Crippen LogP contribution in [0, 0.1) is 12.8 Å². The van der Waals surface area contributed by atoms with E-state index in [1.165, 1.54) is 0 Å². The Labute approximate surface area is 161 Å². The molecule has 7 heteroatoms. The molecule has 0 unspecified atom stereocenters. The molecule has 1 N–H and O–H groups in total. The summed E-state index contributed by atoms with van der Waals surface area (Å²) in [7, 11) is 4.17. The number of carbonyl (C=O) groups is 1. The summed E-state index contributed by atoms with van der Waals surface area (Å²) >= 11 is 0. The molecule has 0 aromatic carbocycles. The lowest BCUT2D eigenvalue weighted by atomic mass is 10.0. The third-order valence-electron chi connectivity index (χ3n) is 4.90. The highest BCUT2D eigenvalue weighted by atomic mass is 16.1. The van der Waals surface area contributed by atoms with Crippen LogP contribution in [-0.4, -0.2) is 70.2 Å². The lowest BCUT2D eigenvalue weighted by Gasteiger charge is -2.23. The fourth-order valence-corrected chi connectivity index (χ4v) is 3.71. The highest BCUT2D eigenvalue weighted by molar-refractivity contribution is 5.76. The first-order chi connectivity index (χ1) is 13.0. The molecule has 7 nitrogen and oxygen atoms in total. The quantitative estimate of drug-likeness (QED) is 0.755. The summed E-state index contributed by atoms with van der Waals surface area (Å²) in [4.78, 5) is 21.5. The molecular weight excluding hydrogens is 340 g/mol. The van der Waals surface area contributed by atoms with Crippen LogP contribution >= 0.6 is 0 Å². The fraction of sp³-hybridized carbons (Fsp3) is 0.550. The van der Waals surface area contributed by atoms with E-state index in [4.69, 9.17) is 0 Å². The highest BCUT2D eigenvalue weighted by Crippen LogP contribution is 2.20. The van der Waals surface area contributed by atoms with E-state index in [2.05, 4.69) is 45.4 Å². The number of aryl methyl sites for hydroxylation is 2. The molecule has 1 fully saturated rings. The van der Waals surface area contributed by atoms with Gasteiger partial charge in [0.2, 0.25) is 5.91 Å². The average Bonchev–Trinajstić information content (AvgIpc) is 3.19. The smallest absolute Gasteiger partial charge is 0.222 e. The SMILES string of the molecule is Cc1cnn(CCC(=O)N[C@@H]2CN(Cc3ccccn3)C[C@H]2CN(C)C)c1. The van der Waals surface area contributed by atoms with E-state index < -0.39 is 0 Å². The van der Waals surface area contributed by atoms with E-state index in [1.807, 2.05) is 42.3 Å². The third-order valence-corrected chi connectivity index (χ3v) is 4.90. The number of amides is 1. The zero-order valence-electron chi connectivity index (χ0n) is 16.5. The molecule has 0 saturated carbocycles. The van der Waals surface area contributed by atoms with Crippen molar-refractivity contribution in [2.75, 3.05) is 33.7 Å². The lowest BCUT2D eigenvalue weighted by Crippen LogP contribution is -2.43. The number of likely N-dealkylation sites (tertiary alicyclic amines) is 1. The monoisotopic (exact) mass is 370 g/mol. The molecule has 1 aliphatic heterocycles. The van der Waals surface area contributed by atoms with Crippen LogP contribution in [0.5, 0.6) is 0 Å². The van der Waals surface area contributed by atoms with Gasteiger partial charge in [-0.25, -0.2) is 0 Å². The predicted molar refractivity (Wildman–Crippen MR) is 105 cm³/mol. The molecule has 2 aromatic rings. The predicted octanol–water partition coefficient (Wildman–Crippen LogP) is 1.16. The van der Waals surface area contributed by atoms with Crippen molar-refractivity contribution < 1.29 is 4.79 Å².